The van der Waals surface area contributed by atoms with E-state index in [1.54, 1.807) is 0 Å². The van der Waals surface area contributed by atoms with Gasteiger partial charge in [-0.15, -0.1) is 0 Å². The summed E-state index contributed by atoms with van der Waals surface area (Å²) in [6.07, 6.45) is 2.61. The van der Waals surface area contributed by atoms with Gasteiger partial charge in [0.15, 0.2) is 0 Å². The van der Waals surface area contributed by atoms with Crippen molar-refractivity contribution in [2.75, 3.05) is 43.9 Å². The van der Waals surface area contributed by atoms with E-state index in [0.29, 0.717) is 49.7 Å². The number of primary amides is 1. The van der Waals surface area contributed by atoms with Crippen molar-refractivity contribution in [1.29, 1.82) is 0 Å². The molecule has 0 unspecified atom stereocenters. The number of rotatable bonds is 7. The maximum atomic E-state index is 11.1. The summed E-state index contributed by atoms with van der Waals surface area (Å²) in [5.74, 6) is -0.323. The number of aromatic nitrogens is 2. The quantitative estimate of drug-likeness (QED) is 0.193. The molecule has 1 amide bonds. The molecular weight excluding hydrogens is 676 g/mol. The van der Waals surface area contributed by atoms with E-state index in [9.17, 15) is 13.6 Å². The Morgan fingerprint density at radius 2 is 1.85 bits per heavy atom. The van der Waals surface area contributed by atoms with Gasteiger partial charge in [-0.2, -0.15) is 37.0 Å². The fourth-order valence-corrected chi connectivity index (χ4v) is 5.16. The number of carbonyl (C=O) groups excluding carboxylic acids is 1. The van der Waals surface area contributed by atoms with Crippen molar-refractivity contribution < 1.29 is 18.3 Å². The molecule has 5 rings (SSSR count). The molecule has 1 fully saturated rings. The average Bonchev–Trinajstić information content (AvgIpc) is 3.45. The van der Waals surface area contributed by atoms with Crippen LogP contribution in [0.2, 0.25) is 5.02 Å². The highest BCUT2D eigenvalue weighted by molar-refractivity contribution is 7.59. The third kappa shape index (κ3) is 14.4. The van der Waals surface area contributed by atoms with Crippen molar-refractivity contribution in [3.8, 4) is 6.01 Å². The van der Waals surface area contributed by atoms with Crippen LogP contribution in [0.25, 0.3) is 15.6 Å². The van der Waals surface area contributed by atoms with Crippen LogP contribution in [0.4, 0.5) is 20.3 Å². The summed E-state index contributed by atoms with van der Waals surface area (Å²) in [5.41, 5.74) is 13.8. The van der Waals surface area contributed by atoms with Crippen LogP contribution in [-0.2, 0) is 17.8 Å². The second kappa shape index (κ2) is 24.8. The van der Waals surface area contributed by atoms with Crippen molar-refractivity contribution in [3.05, 3.63) is 76.2 Å². The number of likely N-dealkylation sites (tertiary alicyclic amines) is 1. The smallest absolute Gasteiger partial charge is 0.318 e. The Morgan fingerprint density at radius 1 is 1.19 bits per heavy atom. The van der Waals surface area contributed by atoms with Crippen molar-refractivity contribution >= 4 is 66.8 Å². The number of ether oxygens (including phenoxy) is 1. The number of likely N-dealkylation sites (N-methyl/N-ethyl adjacent to an activating group) is 1. The van der Waals surface area contributed by atoms with Gasteiger partial charge in [0.25, 0.3) is 6.43 Å². The molecule has 1 atom stereocenters. The number of allylic oxidation sites excluding steroid dienone is 1. The molecule has 4 N–H and O–H groups in total. The first-order valence-electron chi connectivity index (χ1n) is 15.1. The second-order valence-corrected chi connectivity index (χ2v) is 10.6. The standard InChI is InChI=1S/C23H26ClN5O.C4H5F2NO.C4H7N.C2H6.CH4.2H2S/c1-28-11-4-7-16(28)14-30-23-26-19-13-29(12-10-17(19)22(25)27-23)20-9-3-6-15-5-2-8-18(24)21(15)20;5-3(6)1-2-4(7)8;1-3-4-5-2;1-2;;;/h2-3,5-6,8-9,16H,4,7,10-14H2,1H3,(H2,25,26,27);1-3H,(H2,7,8);3-4H2,1H3;1-2H3;1H4;2*1H2/b;2-1+;;;;;/t16-;;;;;;/m0....../s1. The number of halogens is 3. The highest BCUT2D eigenvalue weighted by Gasteiger charge is 2.25. The molecule has 1 saturated heterocycles. The number of anilines is 2. The van der Waals surface area contributed by atoms with Gasteiger partial charge in [-0.05, 0) is 56.4 Å². The summed E-state index contributed by atoms with van der Waals surface area (Å²) >= 11 is 6.55. The highest BCUT2D eigenvalue weighted by atomic mass is 35.5. The maximum absolute atomic E-state index is 11.1. The zero-order valence-corrected chi connectivity index (χ0v) is 30.2. The number of hydrogen-bond donors (Lipinski definition) is 2. The van der Waals surface area contributed by atoms with Crippen molar-refractivity contribution in [3.63, 3.8) is 0 Å². The monoisotopic (exact) mass is 727 g/mol. The fourth-order valence-electron chi connectivity index (χ4n) is 4.89. The Hall–Kier alpha value is -3.31. The molecule has 9 nitrogen and oxygen atoms in total. The van der Waals surface area contributed by atoms with Gasteiger partial charge in [0, 0.05) is 41.7 Å². The first-order chi connectivity index (χ1) is 21.6. The molecule has 0 saturated carbocycles. The normalized spacial score (nSPS) is 14.6. The van der Waals surface area contributed by atoms with E-state index in [0.717, 1.165) is 65.1 Å². The summed E-state index contributed by atoms with van der Waals surface area (Å²) in [4.78, 5) is 26.6. The minimum Gasteiger partial charge on any atom is -0.462 e. The summed E-state index contributed by atoms with van der Waals surface area (Å²) in [6.45, 7) is 16.1. The number of carbonyl (C=O) groups is 1. The molecule has 0 spiro atoms. The molecule has 48 heavy (non-hydrogen) atoms. The fraction of sp³-hybridized carbons (Fsp3) is 0.471. The van der Waals surface area contributed by atoms with E-state index >= 15 is 0 Å². The number of nitrogens with two attached hydrogens (primary N) is 2. The summed E-state index contributed by atoms with van der Waals surface area (Å²) in [5, 5.41) is 2.98. The Bertz CT molecular complexity index is 1460. The lowest BCUT2D eigenvalue weighted by Gasteiger charge is -2.31. The van der Waals surface area contributed by atoms with Crippen LogP contribution < -0.4 is 21.1 Å². The van der Waals surface area contributed by atoms with Crippen LogP contribution in [0.5, 0.6) is 6.01 Å². The van der Waals surface area contributed by atoms with Gasteiger partial charge in [-0.1, -0.05) is 64.1 Å². The zero-order chi connectivity index (χ0) is 33.4. The van der Waals surface area contributed by atoms with E-state index < -0.39 is 12.3 Å². The number of nitrogens with zero attached hydrogens (tertiary/aromatic N) is 5. The number of fused-ring (bicyclic) bond motifs is 2. The third-order valence-corrected chi connectivity index (χ3v) is 7.38. The molecule has 0 bridgehead atoms. The zero-order valence-electron chi connectivity index (χ0n) is 27.5. The molecular formula is C34H52ClF2N7O2S2. The van der Waals surface area contributed by atoms with Crippen LogP contribution in [-0.4, -0.2) is 66.5 Å². The number of nitrogen functional groups attached to an aromatic ring is 1. The average molecular weight is 728 g/mol. The molecule has 2 aliphatic heterocycles. The number of amides is 1. The van der Waals surface area contributed by atoms with Gasteiger partial charge in [0.05, 0.1) is 17.3 Å². The lowest BCUT2D eigenvalue weighted by atomic mass is 10.0. The van der Waals surface area contributed by atoms with Crippen LogP contribution in [0.1, 0.15) is 58.7 Å². The van der Waals surface area contributed by atoms with Crippen LogP contribution in [0.15, 0.2) is 48.6 Å². The molecule has 2 aliphatic rings. The van der Waals surface area contributed by atoms with Crippen LogP contribution >= 0.6 is 38.6 Å². The summed E-state index contributed by atoms with van der Waals surface area (Å²) in [7, 11) is 2.14. The first-order valence-corrected chi connectivity index (χ1v) is 15.5. The third-order valence-electron chi connectivity index (χ3n) is 7.07. The van der Waals surface area contributed by atoms with Gasteiger partial charge in [0.1, 0.15) is 12.4 Å². The van der Waals surface area contributed by atoms with E-state index in [1.807, 2.05) is 32.9 Å². The Balaban J connectivity index is 0. The largest absolute Gasteiger partial charge is 0.462 e. The molecule has 268 valence electrons. The van der Waals surface area contributed by atoms with E-state index in [2.05, 4.69) is 56.7 Å². The predicted octanol–water partition coefficient (Wildman–Crippen LogP) is 7.40. The lowest BCUT2D eigenvalue weighted by molar-refractivity contribution is -0.113. The van der Waals surface area contributed by atoms with Crippen LogP contribution in [0.3, 0.4) is 0 Å². The van der Waals surface area contributed by atoms with Gasteiger partial charge in [-0.25, -0.2) is 15.4 Å². The minimum absolute atomic E-state index is 0. The van der Waals surface area contributed by atoms with Gasteiger partial charge in [0.2, 0.25) is 12.5 Å². The molecule has 3 heterocycles. The molecule has 2 aromatic carbocycles. The first kappa shape index (κ1) is 46.8. The lowest BCUT2D eigenvalue weighted by Crippen LogP contribution is -2.33. The Kier molecular flexibility index (Phi) is 24.2. The SMILES string of the molecule is C.CC.CN1CCC[C@H]1COc1nc(N)c2c(n1)CN(c1cccc3cccc(Cl)c13)CC2.NC(=O)/C=C/C(F)F.S.S.[C-]#[N+]CCC. The van der Waals surface area contributed by atoms with Crippen LogP contribution in [0, 0.1) is 6.57 Å². The van der Waals surface area contributed by atoms with Gasteiger partial charge in [-0.3, -0.25) is 4.79 Å². The molecule has 0 aliphatic carbocycles. The molecule has 14 heteroatoms. The van der Waals surface area contributed by atoms with Crippen molar-refractivity contribution in [2.24, 2.45) is 5.73 Å². The number of hydrogen-bond acceptors (Lipinski definition) is 7. The summed E-state index contributed by atoms with van der Waals surface area (Å²) < 4.78 is 28.2. The predicted molar refractivity (Wildman–Crippen MR) is 206 cm³/mol. The Labute approximate surface area is 303 Å². The second-order valence-electron chi connectivity index (χ2n) is 10.2. The highest BCUT2D eigenvalue weighted by Crippen LogP contribution is 2.36. The topological polar surface area (TPSA) is 115 Å². The Morgan fingerprint density at radius 3 is 2.38 bits per heavy atom. The van der Waals surface area contributed by atoms with Crippen molar-refractivity contribution in [2.45, 2.75) is 72.9 Å². The molecule has 1 aromatic heterocycles. The minimum atomic E-state index is -2.59. The van der Waals surface area contributed by atoms with E-state index in [4.69, 9.17) is 33.6 Å². The van der Waals surface area contributed by atoms with Crippen molar-refractivity contribution in [1.82, 2.24) is 14.9 Å². The van der Waals surface area contributed by atoms with E-state index in [1.165, 1.54) is 6.42 Å². The summed E-state index contributed by atoms with van der Waals surface area (Å²) in [6, 6.07) is 13.1. The molecule has 3 aromatic rings. The van der Waals surface area contributed by atoms with Gasteiger partial charge < -0.3 is 30.8 Å². The number of benzene rings is 2. The number of alkyl halides is 2. The van der Waals surface area contributed by atoms with Gasteiger partial charge >= 0.3 is 6.01 Å². The maximum Gasteiger partial charge on any atom is 0.318 e. The molecule has 0 radical (unpaired) electrons. The van der Waals surface area contributed by atoms with E-state index in [-0.39, 0.29) is 34.4 Å².